The van der Waals surface area contributed by atoms with Crippen LogP contribution in [0.1, 0.15) is 78.2 Å². The van der Waals surface area contributed by atoms with Gasteiger partial charge in [-0.3, -0.25) is 19.2 Å². The van der Waals surface area contributed by atoms with Crippen molar-refractivity contribution in [1.82, 2.24) is 0 Å². The zero-order chi connectivity index (χ0) is 35.1. The fourth-order valence-corrected chi connectivity index (χ4v) is 8.41. The summed E-state index contributed by atoms with van der Waals surface area (Å²) in [4.78, 5) is 60.1. The molecule has 0 aromatic heterocycles. The van der Waals surface area contributed by atoms with Crippen LogP contribution >= 0.6 is 0 Å². The Bertz CT molecular complexity index is 2580. The average molecular weight is 675 g/mol. The van der Waals surface area contributed by atoms with E-state index >= 15 is 0 Å². The number of para-hydroxylation sites is 2. The maximum Gasteiger partial charge on any atom is 0.266 e. The number of hydrogen-bond donors (Lipinski definition) is 0. The van der Waals surface area contributed by atoms with Gasteiger partial charge in [-0.05, 0) is 95.5 Å². The molecule has 52 heavy (non-hydrogen) atoms. The summed E-state index contributed by atoms with van der Waals surface area (Å²) in [6, 6.07) is 21.5. The molecule has 4 aliphatic carbocycles. The molecular weight excluding hydrogens is 645 g/mol. The first kappa shape index (κ1) is 30.2. The summed E-state index contributed by atoms with van der Waals surface area (Å²) in [5.74, 6) is -1.94. The van der Waals surface area contributed by atoms with Crippen molar-refractivity contribution in [2.24, 2.45) is 0 Å². The van der Waals surface area contributed by atoms with Crippen LogP contribution < -0.4 is 9.80 Å². The largest absolute Gasteiger partial charge is 0.268 e. The molecule has 0 N–H and O–H groups in total. The molecular formula is C46H30N2O4. The van der Waals surface area contributed by atoms with Crippen LogP contribution in [0.25, 0.3) is 21.9 Å². The molecule has 2 heterocycles. The summed E-state index contributed by atoms with van der Waals surface area (Å²) >= 11 is 0. The molecule has 2 aliphatic heterocycles. The van der Waals surface area contributed by atoms with Crippen LogP contribution in [0.15, 0.2) is 156 Å². The highest BCUT2D eigenvalue weighted by molar-refractivity contribution is 6.42. The molecule has 0 saturated carbocycles. The summed E-state index contributed by atoms with van der Waals surface area (Å²) in [7, 11) is 0. The van der Waals surface area contributed by atoms with Crippen molar-refractivity contribution in [2.45, 2.75) is 25.7 Å². The molecule has 0 spiro atoms. The van der Waals surface area contributed by atoms with E-state index in [-0.39, 0.29) is 22.3 Å². The first-order valence-electron chi connectivity index (χ1n) is 17.6. The van der Waals surface area contributed by atoms with Crippen molar-refractivity contribution in [3.05, 3.63) is 189 Å². The van der Waals surface area contributed by atoms with Crippen LogP contribution in [0.2, 0.25) is 0 Å². The van der Waals surface area contributed by atoms with Crippen LogP contribution in [-0.4, -0.2) is 23.6 Å². The van der Waals surface area contributed by atoms with E-state index in [9.17, 15) is 19.2 Å². The Morgan fingerprint density at radius 3 is 1.42 bits per heavy atom. The molecule has 6 heteroatoms. The Balaban J connectivity index is 1.02. The van der Waals surface area contributed by atoms with Crippen LogP contribution in [-0.2, 0) is 0 Å². The average Bonchev–Trinajstić information content (AvgIpc) is 4.01. The van der Waals surface area contributed by atoms with E-state index in [1.54, 1.807) is 36.4 Å². The van der Waals surface area contributed by atoms with Gasteiger partial charge >= 0.3 is 0 Å². The van der Waals surface area contributed by atoms with Crippen LogP contribution in [0.3, 0.4) is 0 Å². The number of carbonyl (C=O) groups excluding carboxylic acids is 4. The van der Waals surface area contributed by atoms with E-state index in [2.05, 4.69) is 60.8 Å². The molecule has 0 atom stereocenters. The normalized spacial score (nSPS) is 18.7. The zero-order valence-corrected chi connectivity index (χ0v) is 28.1. The van der Waals surface area contributed by atoms with Crippen molar-refractivity contribution in [2.75, 3.05) is 9.80 Å². The molecule has 0 unspecified atom stereocenters. The predicted molar refractivity (Wildman–Crippen MR) is 204 cm³/mol. The van der Waals surface area contributed by atoms with Gasteiger partial charge in [0, 0.05) is 44.2 Å². The molecule has 4 amide bonds. The Kier molecular flexibility index (Phi) is 6.64. The van der Waals surface area contributed by atoms with Gasteiger partial charge in [0.25, 0.3) is 23.6 Å². The van der Waals surface area contributed by atoms with Gasteiger partial charge in [-0.15, -0.1) is 0 Å². The maximum absolute atomic E-state index is 14.4. The summed E-state index contributed by atoms with van der Waals surface area (Å²) < 4.78 is 0. The van der Waals surface area contributed by atoms with Crippen molar-refractivity contribution in [1.29, 1.82) is 0 Å². The number of amides is 4. The standard InChI is InChI=1S/C46H30N2O4/c49-43-35-21-23-37-42-38(46(52)48(45(37)51)40-16-8-6-14-34(40)32-20-18-30(26-32)28-11-3-4-12-28)24-22-36(41(35)42)44(50)47(43)39-15-7-5-13-33(39)31-19-17-29(25-31)27-9-1-2-10-27/h1-9,11,13-19,21-24,26H,10,12,20,25H2. The van der Waals surface area contributed by atoms with Gasteiger partial charge in [-0.25, -0.2) is 9.80 Å². The first-order valence-corrected chi connectivity index (χ1v) is 17.6. The Labute approximate surface area is 300 Å². The van der Waals surface area contributed by atoms with Gasteiger partial charge in [0.1, 0.15) is 0 Å². The number of rotatable bonds is 6. The van der Waals surface area contributed by atoms with E-state index in [0.29, 0.717) is 35.0 Å². The zero-order valence-electron chi connectivity index (χ0n) is 28.1. The molecule has 0 saturated heterocycles. The Hall–Kier alpha value is -6.66. The molecule has 6 nitrogen and oxygen atoms in total. The third-order valence-corrected chi connectivity index (χ3v) is 10.9. The van der Waals surface area contributed by atoms with Crippen LogP contribution in [0, 0.1) is 0 Å². The van der Waals surface area contributed by atoms with Crippen molar-refractivity contribution in [3.8, 4) is 0 Å². The topological polar surface area (TPSA) is 74.8 Å². The van der Waals surface area contributed by atoms with E-state index in [0.717, 1.165) is 40.7 Å². The number of allylic oxidation sites excluding steroid dienone is 16. The second-order valence-corrected chi connectivity index (χ2v) is 13.7. The molecule has 0 fully saturated rings. The SMILES string of the molecule is O=C1c2ccc3c4c(ccc(c24)C(=O)N1c1ccccc1C1=CC(C2=CC=CC2)=CC1)C(=O)N(c1ccccc1C1=CC=C(C2=CC=CC2)C1)C3=O. The fourth-order valence-electron chi connectivity index (χ4n) is 8.41. The molecule has 10 rings (SSSR count). The number of hydrogen-bond acceptors (Lipinski definition) is 4. The first-order chi connectivity index (χ1) is 25.5. The van der Waals surface area contributed by atoms with Crippen LogP contribution in [0.5, 0.6) is 0 Å². The summed E-state index contributed by atoms with van der Waals surface area (Å²) in [6.07, 6.45) is 24.3. The lowest BCUT2D eigenvalue weighted by atomic mass is 9.85. The smallest absolute Gasteiger partial charge is 0.266 e. The number of imide groups is 2. The second kappa shape index (κ2) is 11.4. The lowest BCUT2D eigenvalue weighted by Crippen LogP contribution is -2.44. The third kappa shape index (κ3) is 4.37. The highest BCUT2D eigenvalue weighted by atomic mass is 16.2. The van der Waals surface area contributed by atoms with Crippen molar-refractivity contribution >= 4 is 56.9 Å². The minimum atomic E-state index is -0.486. The lowest BCUT2D eigenvalue weighted by Gasteiger charge is -2.33. The van der Waals surface area contributed by atoms with E-state index in [1.165, 1.54) is 26.5 Å². The summed E-state index contributed by atoms with van der Waals surface area (Å²) in [5.41, 5.74) is 10.7. The predicted octanol–water partition coefficient (Wildman–Crippen LogP) is 9.64. The van der Waals surface area contributed by atoms with E-state index in [4.69, 9.17) is 0 Å². The van der Waals surface area contributed by atoms with E-state index < -0.39 is 23.6 Å². The minimum Gasteiger partial charge on any atom is -0.268 e. The Morgan fingerprint density at radius 2 is 0.904 bits per heavy atom. The lowest BCUT2D eigenvalue weighted by molar-refractivity contribution is 0.0873. The molecule has 6 aliphatic rings. The molecule has 0 radical (unpaired) electrons. The summed E-state index contributed by atoms with van der Waals surface area (Å²) in [5, 5.41) is 0.702. The van der Waals surface area contributed by atoms with Crippen molar-refractivity contribution in [3.63, 3.8) is 0 Å². The maximum atomic E-state index is 14.4. The number of benzene rings is 4. The molecule has 4 aromatic carbocycles. The number of nitrogens with zero attached hydrogens (tertiary/aromatic N) is 2. The quantitative estimate of drug-likeness (QED) is 0.191. The van der Waals surface area contributed by atoms with Gasteiger partial charge in [-0.2, -0.15) is 0 Å². The monoisotopic (exact) mass is 674 g/mol. The molecule has 248 valence electrons. The number of carbonyl (C=O) groups is 4. The summed E-state index contributed by atoms with van der Waals surface area (Å²) in [6.45, 7) is 0. The van der Waals surface area contributed by atoms with Gasteiger partial charge < -0.3 is 0 Å². The van der Waals surface area contributed by atoms with Gasteiger partial charge in [0.2, 0.25) is 0 Å². The third-order valence-electron chi connectivity index (χ3n) is 10.9. The molecule has 4 aromatic rings. The minimum absolute atomic E-state index is 0.284. The fraction of sp³-hybridized carbons (Fsp3) is 0.0870. The molecule has 0 bridgehead atoms. The number of anilines is 2. The van der Waals surface area contributed by atoms with Gasteiger partial charge in [0.15, 0.2) is 0 Å². The van der Waals surface area contributed by atoms with E-state index in [1.807, 2.05) is 36.4 Å². The second-order valence-electron chi connectivity index (χ2n) is 13.7. The highest BCUT2D eigenvalue weighted by Gasteiger charge is 2.42. The highest BCUT2D eigenvalue weighted by Crippen LogP contribution is 2.45. The van der Waals surface area contributed by atoms with Crippen molar-refractivity contribution < 1.29 is 19.2 Å². The van der Waals surface area contributed by atoms with Crippen LogP contribution in [0.4, 0.5) is 11.4 Å². The van der Waals surface area contributed by atoms with Gasteiger partial charge in [-0.1, -0.05) is 97.2 Å². The van der Waals surface area contributed by atoms with Gasteiger partial charge in [0.05, 0.1) is 11.4 Å². The Morgan fingerprint density at radius 1 is 0.423 bits per heavy atom.